The molecule has 0 saturated heterocycles. The number of carboxylic acids is 1. The molecule has 0 atom stereocenters. The molecule has 0 fully saturated rings. The summed E-state index contributed by atoms with van der Waals surface area (Å²) in [6, 6.07) is 5.35. The van der Waals surface area contributed by atoms with E-state index >= 15 is 0 Å². The van der Waals surface area contributed by atoms with Crippen LogP contribution in [0.25, 0.3) is 10.9 Å². The number of hydrogen-bond donors (Lipinski definition) is 1. The van der Waals surface area contributed by atoms with Crippen molar-refractivity contribution in [2.75, 3.05) is 0 Å². The molecule has 0 aliphatic carbocycles. The van der Waals surface area contributed by atoms with E-state index in [0.29, 0.717) is 17.4 Å². The molecule has 0 unspecified atom stereocenters. The Morgan fingerprint density at radius 1 is 1.47 bits per heavy atom. The number of aromatic carboxylic acids is 1. The van der Waals surface area contributed by atoms with Crippen LogP contribution in [0.15, 0.2) is 23.0 Å². The summed E-state index contributed by atoms with van der Waals surface area (Å²) >= 11 is 0. The molecule has 0 amide bonds. The second-order valence-corrected chi connectivity index (χ2v) is 3.82. The fourth-order valence-corrected chi connectivity index (χ4v) is 1.79. The molecule has 0 aliphatic heterocycles. The molecule has 5 nitrogen and oxygen atoms in total. The monoisotopic (exact) mass is 232 g/mol. The highest BCUT2D eigenvalue weighted by Crippen LogP contribution is 2.12. The van der Waals surface area contributed by atoms with Gasteiger partial charge >= 0.3 is 5.97 Å². The quantitative estimate of drug-likeness (QED) is 0.850. The first kappa shape index (κ1) is 11.3. The number of aromatic nitrogens is 2. The van der Waals surface area contributed by atoms with E-state index in [2.05, 4.69) is 5.10 Å². The summed E-state index contributed by atoms with van der Waals surface area (Å²) in [7, 11) is 0. The number of benzene rings is 1. The highest BCUT2D eigenvalue weighted by Gasteiger charge is 2.15. The van der Waals surface area contributed by atoms with Crippen LogP contribution >= 0.6 is 0 Å². The molecule has 1 aromatic carbocycles. The molecule has 2 rings (SSSR count). The average Bonchev–Trinajstić information content (AvgIpc) is 2.29. The standard InChI is InChI=1S/C12H12N2O3/c1-3-14-9-5-4-7(2)6-8(9)11(15)10(13-14)12(16)17/h4-6H,3H2,1-2H3,(H,16,17). The third-order valence-electron chi connectivity index (χ3n) is 2.61. The van der Waals surface area contributed by atoms with E-state index in [-0.39, 0.29) is 0 Å². The molecule has 5 heteroatoms. The van der Waals surface area contributed by atoms with E-state index in [4.69, 9.17) is 5.11 Å². The van der Waals surface area contributed by atoms with Crippen LogP contribution in [0.1, 0.15) is 23.0 Å². The molecule has 1 aromatic heterocycles. The average molecular weight is 232 g/mol. The fourth-order valence-electron chi connectivity index (χ4n) is 1.79. The Morgan fingerprint density at radius 3 is 2.76 bits per heavy atom. The van der Waals surface area contributed by atoms with Crippen molar-refractivity contribution < 1.29 is 9.90 Å². The Balaban J connectivity index is 2.96. The summed E-state index contributed by atoms with van der Waals surface area (Å²) in [6.45, 7) is 4.22. The van der Waals surface area contributed by atoms with Gasteiger partial charge in [0.1, 0.15) is 0 Å². The number of hydrogen-bond acceptors (Lipinski definition) is 3. The van der Waals surface area contributed by atoms with Crippen LogP contribution in [0.4, 0.5) is 0 Å². The second kappa shape index (κ2) is 4.01. The van der Waals surface area contributed by atoms with Gasteiger partial charge < -0.3 is 5.11 Å². The Bertz CT molecular complexity index is 659. The highest BCUT2D eigenvalue weighted by atomic mass is 16.4. The number of nitrogens with zero attached hydrogens (tertiary/aromatic N) is 2. The fraction of sp³-hybridized carbons (Fsp3) is 0.250. The van der Waals surface area contributed by atoms with Crippen LogP contribution in [0.3, 0.4) is 0 Å². The van der Waals surface area contributed by atoms with Crippen molar-refractivity contribution in [2.45, 2.75) is 20.4 Å². The molecule has 0 saturated carbocycles. The second-order valence-electron chi connectivity index (χ2n) is 3.82. The zero-order valence-corrected chi connectivity index (χ0v) is 9.60. The van der Waals surface area contributed by atoms with Gasteiger partial charge in [-0.25, -0.2) is 4.79 Å². The predicted molar refractivity (Wildman–Crippen MR) is 63.4 cm³/mol. The highest BCUT2D eigenvalue weighted by molar-refractivity contribution is 5.90. The van der Waals surface area contributed by atoms with Gasteiger partial charge in [-0.05, 0) is 26.0 Å². The molecular formula is C12H12N2O3. The van der Waals surface area contributed by atoms with Gasteiger partial charge in [0.25, 0.3) is 0 Å². The summed E-state index contributed by atoms with van der Waals surface area (Å²) in [6.07, 6.45) is 0. The number of aryl methyl sites for hydroxylation is 2. The summed E-state index contributed by atoms with van der Waals surface area (Å²) in [4.78, 5) is 22.9. The SMILES string of the molecule is CCn1nc(C(=O)O)c(=O)c2cc(C)ccc21. The van der Waals surface area contributed by atoms with Gasteiger partial charge in [0, 0.05) is 6.54 Å². The lowest BCUT2D eigenvalue weighted by molar-refractivity contribution is 0.0686. The molecule has 88 valence electrons. The summed E-state index contributed by atoms with van der Waals surface area (Å²) in [5.41, 5.74) is 0.624. The van der Waals surface area contributed by atoms with Crippen LogP contribution in [0.5, 0.6) is 0 Å². The maximum absolute atomic E-state index is 11.9. The topological polar surface area (TPSA) is 72.2 Å². The van der Waals surface area contributed by atoms with E-state index < -0.39 is 17.1 Å². The molecule has 1 heterocycles. The van der Waals surface area contributed by atoms with Gasteiger partial charge in [-0.1, -0.05) is 11.6 Å². The van der Waals surface area contributed by atoms with Gasteiger partial charge in [0.05, 0.1) is 10.9 Å². The normalized spacial score (nSPS) is 10.7. The number of carboxylic acid groups (broad SMARTS) is 1. The molecule has 1 N–H and O–H groups in total. The molecule has 17 heavy (non-hydrogen) atoms. The molecule has 0 bridgehead atoms. The molecule has 0 radical (unpaired) electrons. The Kier molecular flexibility index (Phi) is 2.67. The number of rotatable bonds is 2. The zero-order chi connectivity index (χ0) is 12.6. The van der Waals surface area contributed by atoms with Crippen molar-refractivity contribution >= 4 is 16.9 Å². The third-order valence-corrected chi connectivity index (χ3v) is 2.61. The molecular weight excluding hydrogens is 220 g/mol. The van der Waals surface area contributed by atoms with Crippen molar-refractivity contribution in [3.63, 3.8) is 0 Å². The lowest BCUT2D eigenvalue weighted by atomic mass is 10.1. The Labute approximate surface area is 97.3 Å². The van der Waals surface area contributed by atoms with Gasteiger partial charge in [0.15, 0.2) is 0 Å². The number of carbonyl (C=O) groups is 1. The molecule has 0 spiro atoms. The van der Waals surface area contributed by atoms with Crippen LogP contribution in [-0.2, 0) is 6.54 Å². The van der Waals surface area contributed by atoms with Crippen LogP contribution in [0.2, 0.25) is 0 Å². The van der Waals surface area contributed by atoms with Crippen LogP contribution < -0.4 is 5.43 Å². The van der Waals surface area contributed by atoms with Gasteiger partial charge in [-0.2, -0.15) is 5.10 Å². The largest absolute Gasteiger partial charge is 0.476 e. The zero-order valence-electron chi connectivity index (χ0n) is 9.60. The Morgan fingerprint density at radius 2 is 2.18 bits per heavy atom. The maximum Gasteiger partial charge on any atom is 0.360 e. The van der Waals surface area contributed by atoms with Crippen molar-refractivity contribution in [3.8, 4) is 0 Å². The number of fused-ring (bicyclic) bond motifs is 1. The van der Waals surface area contributed by atoms with E-state index in [9.17, 15) is 9.59 Å². The molecule has 0 aliphatic rings. The first-order chi connectivity index (χ1) is 8.04. The van der Waals surface area contributed by atoms with E-state index in [1.54, 1.807) is 12.1 Å². The lowest BCUT2D eigenvalue weighted by Crippen LogP contribution is -2.22. The van der Waals surface area contributed by atoms with Gasteiger partial charge in [-0.15, -0.1) is 0 Å². The van der Waals surface area contributed by atoms with Crippen LogP contribution in [-0.4, -0.2) is 20.9 Å². The third kappa shape index (κ3) is 1.80. The summed E-state index contributed by atoms with van der Waals surface area (Å²) < 4.78 is 1.53. The Hall–Kier alpha value is -2.17. The van der Waals surface area contributed by atoms with Crippen molar-refractivity contribution in [2.24, 2.45) is 0 Å². The minimum Gasteiger partial charge on any atom is -0.476 e. The first-order valence-corrected chi connectivity index (χ1v) is 5.29. The minimum atomic E-state index is -1.29. The lowest BCUT2D eigenvalue weighted by Gasteiger charge is -2.08. The van der Waals surface area contributed by atoms with Crippen molar-refractivity contribution in [1.82, 2.24) is 9.78 Å². The first-order valence-electron chi connectivity index (χ1n) is 5.29. The van der Waals surface area contributed by atoms with Crippen molar-refractivity contribution in [3.05, 3.63) is 39.7 Å². The van der Waals surface area contributed by atoms with Crippen molar-refractivity contribution in [1.29, 1.82) is 0 Å². The molecule has 2 aromatic rings. The van der Waals surface area contributed by atoms with Crippen LogP contribution in [0, 0.1) is 6.92 Å². The minimum absolute atomic E-state index is 0.402. The van der Waals surface area contributed by atoms with Gasteiger partial charge in [-0.3, -0.25) is 9.48 Å². The summed E-state index contributed by atoms with van der Waals surface area (Å²) in [5, 5.41) is 13.2. The summed E-state index contributed by atoms with van der Waals surface area (Å²) in [5.74, 6) is -1.29. The maximum atomic E-state index is 11.9. The van der Waals surface area contributed by atoms with Gasteiger partial charge in [0.2, 0.25) is 11.1 Å². The predicted octanol–water partition coefficient (Wildman–Crippen LogP) is 1.42. The smallest absolute Gasteiger partial charge is 0.360 e. The van der Waals surface area contributed by atoms with E-state index in [1.165, 1.54) is 4.68 Å². The van der Waals surface area contributed by atoms with E-state index in [1.807, 2.05) is 19.9 Å². The van der Waals surface area contributed by atoms with E-state index in [0.717, 1.165) is 5.56 Å².